The molecule has 2 saturated carbocycles. The van der Waals surface area contributed by atoms with Crippen LogP contribution in [0.4, 0.5) is 0 Å². The first-order valence-electron chi connectivity index (χ1n) is 7.14. The lowest BCUT2D eigenvalue weighted by Gasteiger charge is -2.54. The van der Waals surface area contributed by atoms with Crippen molar-refractivity contribution in [2.75, 3.05) is 0 Å². The number of fused-ring (bicyclic) bond motifs is 1. The van der Waals surface area contributed by atoms with E-state index in [2.05, 4.69) is 20.8 Å². The minimum atomic E-state index is -0.484. The Hall–Kier alpha value is -0.0800. The summed E-state index contributed by atoms with van der Waals surface area (Å²) in [5, 5.41) is 10.7. The molecule has 0 aromatic heterocycles. The monoisotopic (exact) mass is 238 g/mol. The summed E-state index contributed by atoms with van der Waals surface area (Å²) in [7, 11) is 0. The molecule has 3 fully saturated rings. The zero-order valence-corrected chi connectivity index (χ0v) is 11.7. The van der Waals surface area contributed by atoms with Crippen molar-refractivity contribution in [1.29, 1.82) is 0 Å². The molecule has 0 unspecified atom stereocenters. The van der Waals surface area contributed by atoms with Gasteiger partial charge in [0.15, 0.2) is 0 Å². The minimum absolute atomic E-state index is 0.0435. The van der Waals surface area contributed by atoms with Gasteiger partial charge in [-0.25, -0.2) is 0 Å². The molecule has 2 aliphatic carbocycles. The van der Waals surface area contributed by atoms with Crippen LogP contribution < -0.4 is 0 Å². The largest absolute Gasteiger partial charge is 0.390 e. The normalized spacial score (nSPS) is 56.6. The van der Waals surface area contributed by atoms with Gasteiger partial charge in [0.1, 0.15) is 0 Å². The average molecular weight is 238 g/mol. The maximum atomic E-state index is 10.7. The summed E-state index contributed by atoms with van der Waals surface area (Å²) in [6.07, 6.45) is 6.88. The zero-order valence-electron chi connectivity index (χ0n) is 11.7. The quantitative estimate of drug-likeness (QED) is 0.657. The first-order valence-corrected chi connectivity index (χ1v) is 7.14. The lowest BCUT2D eigenvalue weighted by atomic mass is 9.52. The second-order valence-electron chi connectivity index (χ2n) is 7.73. The van der Waals surface area contributed by atoms with Crippen molar-refractivity contribution in [3.8, 4) is 0 Å². The lowest BCUT2D eigenvalue weighted by molar-refractivity contribution is -0.126. The van der Waals surface area contributed by atoms with Crippen LogP contribution in [0.1, 0.15) is 66.2 Å². The minimum Gasteiger partial charge on any atom is -0.390 e. The van der Waals surface area contributed by atoms with Gasteiger partial charge in [0.25, 0.3) is 0 Å². The molecule has 1 spiro atoms. The molecule has 2 nitrogen and oxygen atoms in total. The molecule has 3 rings (SSSR count). The maximum Gasteiger partial charge on any atom is 0.0978 e. The molecule has 1 N–H and O–H groups in total. The van der Waals surface area contributed by atoms with Gasteiger partial charge in [-0.15, -0.1) is 0 Å². The number of rotatable bonds is 0. The number of ether oxygens (including phenoxy) is 1. The molecule has 0 radical (unpaired) electrons. The standard InChI is InChI=1S/C15H26O2/c1-12(2)15(17-12)9-8-13(3)6-5-7-14(4,16)11(13)10-15/h11,16H,5-10H2,1-4H3/t11-,13-,14-,15-/m1/s1. The van der Waals surface area contributed by atoms with Crippen molar-refractivity contribution < 1.29 is 9.84 Å². The van der Waals surface area contributed by atoms with Gasteiger partial charge in [-0.3, -0.25) is 0 Å². The molecular formula is C15H26O2. The third-order valence-corrected chi connectivity index (χ3v) is 6.16. The molecule has 0 aromatic rings. The van der Waals surface area contributed by atoms with Gasteiger partial charge < -0.3 is 9.84 Å². The fourth-order valence-corrected chi connectivity index (χ4v) is 4.74. The molecule has 0 aromatic carbocycles. The molecule has 17 heavy (non-hydrogen) atoms. The van der Waals surface area contributed by atoms with E-state index in [4.69, 9.17) is 4.74 Å². The molecule has 0 amide bonds. The summed E-state index contributed by atoms with van der Waals surface area (Å²) in [5.74, 6) is 0.416. The Labute approximate surface area is 105 Å². The van der Waals surface area contributed by atoms with Gasteiger partial charge in [-0.1, -0.05) is 13.3 Å². The van der Waals surface area contributed by atoms with Gasteiger partial charge in [0.2, 0.25) is 0 Å². The van der Waals surface area contributed by atoms with Crippen LogP contribution in [0, 0.1) is 11.3 Å². The van der Waals surface area contributed by atoms with Crippen LogP contribution in [0.15, 0.2) is 0 Å². The van der Waals surface area contributed by atoms with Crippen LogP contribution in [0.5, 0.6) is 0 Å². The summed E-state index contributed by atoms with van der Waals surface area (Å²) in [6, 6.07) is 0. The second-order valence-corrected chi connectivity index (χ2v) is 7.73. The average Bonchev–Trinajstić information content (AvgIpc) is 2.71. The molecular weight excluding hydrogens is 212 g/mol. The highest BCUT2D eigenvalue weighted by molar-refractivity contribution is 5.17. The summed E-state index contributed by atoms with van der Waals surface area (Å²) in [5.41, 5.74) is -0.0160. The Kier molecular flexibility index (Phi) is 2.17. The van der Waals surface area contributed by atoms with Crippen LogP contribution in [0.25, 0.3) is 0 Å². The van der Waals surface area contributed by atoms with Gasteiger partial charge in [0.05, 0.1) is 16.8 Å². The van der Waals surface area contributed by atoms with Crippen LogP contribution in [-0.2, 0) is 4.74 Å². The predicted octanol–water partition coefficient (Wildman–Crippen LogP) is 3.28. The van der Waals surface area contributed by atoms with E-state index in [0.29, 0.717) is 11.3 Å². The molecule has 1 aliphatic heterocycles. The lowest BCUT2D eigenvalue weighted by Crippen LogP contribution is -2.53. The molecule has 2 heteroatoms. The number of aliphatic hydroxyl groups is 1. The highest BCUT2D eigenvalue weighted by Gasteiger charge is 2.68. The van der Waals surface area contributed by atoms with E-state index < -0.39 is 5.60 Å². The summed E-state index contributed by atoms with van der Waals surface area (Å²) < 4.78 is 6.01. The van der Waals surface area contributed by atoms with Gasteiger partial charge in [-0.2, -0.15) is 0 Å². The topological polar surface area (TPSA) is 32.8 Å². The van der Waals surface area contributed by atoms with Crippen molar-refractivity contribution >= 4 is 0 Å². The third kappa shape index (κ3) is 1.53. The molecule has 0 bridgehead atoms. The van der Waals surface area contributed by atoms with E-state index in [1.54, 1.807) is 0 Å². The third-order valence-electron chi connectivity index (χ3n) is 6.16. The van der Waals surface area contributed by atoms with Crippen molar-refractivity contribution in [1.82, 2.24) is 0 Å². The van der Waals surface area contributed by atoms with E-state index in [-0.39, 0.29) is 11.2 Å². The molecule has 98 valence electrons. The predicted molar refractivity (Wildman–Crippen MR) is 67.8 cm³/mol. The number of hydrogen-bond acceptors (Lipinski definition) is 2. The maximum absolute atomic E-state index is 10.7. The smallest absolute Gasteiger partial charge is 0.0978 e. The Morgan fingerprint density at radius 2 is 1.65 bits per heavy atom. The van der Waals surface area contributed by atoms with Crippen LogP contribution in [0.2, 0.25) is 0 Å². The highest BCUT2D eigenvalue weighted by Crippen LogP contribution is 2.65. The van der Waals surface area contributed by atoms with Crippen molar-refractivity contribution in [2.24, 2.45) is 11.3 Å². The Bertz CT molecular complexity index is 347. The van der Waals surface area contributed by atoms with E-state index in [1.807, 2.05) is 6.92 Å². The second kappa shape index (κ2) is 3.08. The van der Waals surface area contributed by atoms with Gasteiger partial charge >= 0.3 is 0 Å². The van der Waals surface area contributed by atoms with E-state index in [0.717, 1.165) is 12.8 Å². The Morgan fingerprint density at radius 3 is 2.24 bits per heavy atom. The molecule has 3 aliphatic rings. The van der Waals surface area contributed by atoms with Crippen LogP contribution in [-0.4, -0.2) is 21.9 Å². The molecule has 4 atom stereocenters. The van der Waals surface area contributed by atoms with Gasteiger partial charge in [0, 0.05) is 0 Å². The summed E-state index contributed by atoms with van der Waals surface area (Å²) in [4.78, 5) is 0. The summed E-state index contributed by atoms with van der Waals surface area (Å²) in [6.45, 7) is 8.83. The fraction of sp³-hybridized carbons (Fsp3) is 1.00. The first kappa shape index (κ1) is 12.0. The van der Waals surface area contributed by atoms with Crippen molar-refractivity contribution in [3.05, 3.63) is 0 Å². The van der Waals surface area contributed by atoms with Crippen molar-refractivity contribution in [2.45, 2.75) is 83.0 Å². The first-order chi connectivity index (χ1) is 7.71. The number of hydrogen-bond donors (Lipinski definition) is 1. The van der Waals surface area contributed by atoms with Gasteiger partial charge in [-0.05, 0) is 64.2 Å². The Balaban J connectivity index is 1.88. The summed E-state index contributed by atoms with van der Waals surface area (Å²) >= 11 is 0. The van der Waals surface area contributed by atoms with E-state index in [1.165, 1.54) is 25.7 Å². The van der Waals surface area contributed by atoms with Crippen LogP contribution >= 0.6 is 0 Å². The number of epoxide rings is 1. The van der Waals surface area contributed by atoms with E-state index >= 15 is 0 Å². The van der Waals surface area contributed by atoms with Crippen LogP contribution in [0.3, 0.4) is 0 Å². The fourth-order valence-electron chi connectivity index (χ4n) is 4.74. The van der Waals surface area contributed by atoms with Crippen molar-refractivity contribution in [3.63, 3.8) is 0 Å². The molecule has 1 heterocycles. The SMILES string of the molecule is CC1(C)O[C@@]12CC[C@@]1(C)CCC[C@@](C)(O)[C@@H]1C2. The highest BCUT2D eigenvalue weighted by atomic mass is 16.6. The zero-order chi connectivity index (χ0) is 12.5. The molecule has 1 saturated heterocycles. The Morgan fingerprint density at radius 1 is 1.00 bits per heavy atom. The van der Waals surface area contributed by atoms with E-state index in [9.17, 15) is 5.11 Å².